The summed E-state index contributed by atoms with van der Waals surface area (Å²) in [5, 5.41) is 4.26. The van der Waals surface area contributed by atoms with Crippen LogP contribution in [0.25, 0.3) is 22.2 Å². The van der Waals surface area contributed by atoms with Crippen molar-refractivity contribution >= 4 is 39.6 Å². The number of nitrogens with zero attached hydrogens (tertiary/aromatic N) is 5. The molecule has 0 spiro atoms. The summed E-state index contributed by atoms with van der Waals surface area (Å²) in [4.78, 5) is 44.6. The van der Waals surface area contributed by atoms with E-state index < -0.39 is 11.9 Å². The lowest BCUT2D eigenvalue weighted by Crippen LogP contribution is -2.35. The lowest BCUT2D eigenvalue weighted by Gasteiger charge is -2.20. The summed E-state index contributed by atoms with van der Waals surface area (Å²) in [6.07, 6.45) is 6.66. The van der Waals surface area contributed by atoms with Crippen molar-refractivity contribution in [3.05, 3.63) is 111 Å². The first kappa shape index (κ1) is 25.0. The van der Waals surface area contributed by atoms with Gasteiger partial charge in [0.05, 0.1) is 44.9 Å². The average molecular weight is 548 g/mol. The van der Waals surface area contributed by atoms with Crippen LogP contribution >= 0.6 is 11.3 Å². The molecule has 0 fully saturated rings. The molecule has 6 aromatic rings. The predicted molar refractivity (Wildman–Crippen MR) is 152 cm³/mol. The van der Waals surface area contributed by atoms with Gasteiger partial charge in [-0.05, 0) is 44.0 Å². The molecule has 196 valence electrons. The highest BCUT2D eigenvalue weighted by atomic mass is 32.1. The van der Waals surface area contributed by atoms with Crippen molar-refractivity contribution in [3.63, 3.8) is 0 Å². The van der Waals surface area contributed by atoms with Gasteiger partial charge in [0.15, 0.2) is 5.56 Å². The molecule has 11 heteroatoms. The van der Waals surface area contributed by atoms with Gasteiger partial charge in [-0.2, -0.15) is 0 Å². The number of aromatic nitrogens is 6. The molecule has 0 radical (unpaired) electrons. The third-order valence-corrected chi connectivity index (χ3v) is 7.20. The number of hydrogen-bond donors (Lipinski definition) is 3. The van der Waals surface area contributed by atoms with Gasteiger partial charge in [0.25, 0.3) is 11.5 Å². The number of nitrogen functional groups attached to an aromatic ring is 1. The van der Waals surface area contributed by atoms with Crippen molar-refractivity contribution in [2.75, 3.05) is 5.73 Å². The van der Waals surface area contributed by atoms with Crippen molar-refractivity contribution < 1.29 is 9.20 Å². The fourth-order valence-corrected chi connectivity index (χ4v) is 5.16. The topological polar surface area (TPSA) is 136 Å². The minimum Gasteiger partial charge on any atom is -0.369 e. The number of nitrogens with two attached hydrogens (primary N) is 1. The van der Waals surface area contributed by atoms with Gasteiger partial charge in [-0.25, -0.2) is 14.4 Å². The van der Waals surface area contributed by atoms with Gasteiger partial charge in [0, 0.05) is 5.56 Å². The average Bonchev–Trinajstić information content (AvgIpc) is 3.60. The molecular formula is C29H23N8O2S+. The molecule has 0 bridgehead atoms. The van der Waals surface area contributed by atoms with Crippen LogP contribution in [0.1, 0.15) is 44.6 Å². The number of anilines is 1. The maximum atomic E-state index is 14.1. The summed E-state index contributed by atoms with van der Waals surface area (Å²) < 4.78 is 3.18. The molecule has 0 saturated heterocycles. The molecule has 1 amide bonds. The molecular weight excluding hydrogens is 524 g/mol. The van der Waals surface area contributed by atoms with E-state index in [1.807, 2.05) is 43.3 Å². The van der Waals surface area contributed by atoms with Crippen LogP contribution in [0.3, 0.4) is 0 Å². The van der Waals surface area contributed by atoms with E-state index in [0.717, 1.165) is 9.88 Å². The number of thiazole rings is 1. The number of fused-ring (bicyclic) bond motifs is 2. The summed E-state index contributed by atoms with van der Waals surface area (Å²) >= 11 is 1.49. The molecule has 40 heavy (non-hydrogen) atoms. The maximum Gasteiger partial charge on any atom is 0.267 e. The molecule has 10 nitrogen and oxygen atoms in total. The Hall–Kier alpha value is -5.34. The Morgan fingerprint density at radius 1 is 1.15 bits per heavy atom. The third-order valence-electron chi connectivity index (χ3n) is 6.37. The van der Waals surface area contributed by atoms with E-state index >= 15 is 0 Å². The molecule has 6 rings (SSSR count). The highest BCUT2D eigenvalue weighted by Crippen LogP contribution is 2.21. The zero-order valence-corrected chi connectivity index (χ0v) is 22.4. The van der Waals surface area contributed by atoms with Crippen LogP contribution in [0, 0.1) is 18.8 Å². The first-order valence-corrected chi connectivity index (χ1v) is 13.2. The van der Waals surface area contributed by atoms with Gasteiger partial charge in [-0.1, -0.05) is 35.2 Å². The van der Waals surface area contributed by atoms with Crippen molar-refractivity contribution in [1.82, 2.24) is 29.8 Å². The monoisotopic (exact) mass is 547 g/mol. The SMILES string of the molecule is Cc1ncc(C#Cc2cccc3nc(C(C)NC(=O)c4c(N)nc[n+]5cc[nH]c45)n(-c4ccccc4)c(=O)c23)s1. The molecule has 4 N–H and O–H groups in total. The van der Waals surface area contributed by atoms with Crippen LogP contribution in [0.5, 0.6) is 0 Å². The van der Waals surface area contributed by atoms with Crippen LogP contribution in [0.2, 0.25) is 0 Å². The number of H-pyrrole nitrogens is 1. The fourth-order valence-electron chi connectivity index (χ4n) is 4.53. The van der Waals surface area contributed by atoms with E-state index in [9.17, 15) is 9.59 Å². The Kier molecular flexibility index (Phi) is 6.30. The fraction of sp³-hybridized carbons (Fsp3) is 0.103. The number of carbonyl (C=O) groups excluding carboxylic acids is 1. The van der Waals surface area contributed by atoms with Crippen LogP contribution in [0.4, 0.5) is 5.82 Å². The van der Waals surface area contributed by atoms with Gasteiger partial charge in [-0.3, -0.25) is 19.1 Å². The number of rotatable bonds is 4. The lowest BCUT2D eigenvalue weighted by molar-refractivity contribution is -0.513. The Morgan fingerprint density at radius 3 is 2.75 bits per heavy atom. The summed E-state index contributed by atoms with van der Waals surface area (Å²) in [6.45, 7) is 3.69. The number of nitrogens with one attached hydrogen (secondary N) is 2. The molecule has 0 saturated carbocycles. The second kappa shape index (κ2) is 10.1. The van der Waals surface area contributed by atoms with Crippen molar-refractivity contribution in [1.29, 1.82) is 0 Å². The third kappa shape index (κ3) is 4.46. The van der Waals surface area contributed by atoms with Crippen molar-refractivity contribution in [2.24, 2.45) is 0 Å². The molecule has 0 aliphatic heterocycles. The number of amides is 1. The Bertz CT molecular complexity index is 2030. The summed E-state index contributed by atoms with van der Waals surface area (Å²) in [5.74, 6) is 6.23. The number of para-hydroxylation sites is 1. The normalized spacial score (nSPS) is 11.8. The highest BCUT2D eigenvalue weighted by Gasteiger charge is 2.26. The first-order valence-electron chi connectivity index (χ1n) is 12.4. The Balaban J connectivity index is 1.48. The quantitative estimate of drug-likeness (QED) is 0.229. The summed E-state index contributed by atoms with van der Waals surface area (Å²) in [6, 6.07) is 13.9. The number of benzene rings is 2. The molecule has 2 aromatic carbocycles. The lowest BCUT2D eigenvalue weighted by atomic mass is 10.1. The summed E-state index contributed by atoms with van der Waals surface area (Å²) in [7, 11) is 0. The zero-order chi connectivity index (χ0) is 27.8. The molecule has 1 atom stereocenters. The standard InChI is InChI=1S/C29H22N8O2S/c1-17(34-28(38)24-25(30)33-16-36-14-13-31-27(24)36)26-35-22-10-6-7-19(11-12-21-15-32-18(2)40-21)23(22)29(39)37(26)20-8-4-3-5-9-20/h3-10,13-17H,1-2H3,(H3,30,31,34,38)/p+1. The van der Waals surface area contributed by atoms with Crippen molar-refractivity contribution in [2.45, 2.75) is 19.9 Å². The van der Waals surface area contributed by atoms with Gasteiger partial charge in [-0.15, -0.1) is 11.3 Å². The second-order valence-corrected chi connectivity index (χ2v) is 10.3. The number of imidazole rings is 1. The molecule has 1 unspecified atom stereocenters. The minimum atomic E-state index is -0.672. The van der Waals surface area contributed by atoms with E-state index in [-0.39, 0.29) is 16.9 Å². The first-order chi connectivity index (χ1) is 19.4. The number of aromatic amines is 1. The van der Waals surface area contributed by atoms with E-state index in [1.165, 1.54) is 22.2 Å². The summed E-state index contributed by atoms with van der Waals surface area (Å²) in [5.41, 5.74) is 8.14. The van der Waals surface area contributed by atoms with Gasteiger partial charge in [0.2, 0.25) is 17.8 Å². The molecule has 0 aliphatic carbocycles. The van der Waals surface area contributed by atoms with E-state index in [0.29, 0.717) is 33.6 Å². The van der Waals surface area contributed by atoms with Gasteiger partial charge in [0.1, 0.15) is 12.0 Å². The van der Waals surface area contributed by atoms with Crippen molar-refractivity contribution in [3.8, 4) is 17.5 Å². The van der Waals surface area contributed by atoms with E-state index in [1.54, 1.807) is 42.0 Å². The predicted octanol–water partition coefficient (Wildman–Crippen LogP) is 3.09. The van der Waals surface area contributed by atoms with Crippen LogP contribution in [-0.4, -0.2) is 30.4 Å². The van der Waals surface area contributed by atoms with Crippen LogP contribution in [0.15, 0.2) is 78.2 Å². The smallest absolute Gasteiger partial charge is 0.267 e. The minimum absolute atomic E-state index is 0.0819. The molecule has 4 heterocycles. The van der Waals surface area contributed by atoms with Gasteiger partial charge < -0.3 is 11.1 Å². The Labute approximate surface area is 232 Å². The largest absolute Gasteiger partial charge is 0.369 e. The molecule has 4 aromatic heterocycles. The Morgan fingerprint density at radius 2 is 1.98 bits per heavy atom. The second-order valence-electron chi connectivity index (χ2n) is 9.06. The number of aryl methyl sites for hydroxylation is 1. The maximum absolute atomic E-state index is 14.1. The van der Waals surface area contributed by atoms with Crippen LogP contribution < -0.4 is 21.0 Å². The zero-order valence-electron chi connectivity index (χ0n) is 21.5. The van der Waals surface area contributed by atoms with Crippen LogP contribution in [-0.2, 0) is 0 Å². The molecule has 0 aliphatic rings. The highest BCUT2D eigenvalue weighted by molar-refractivity contribution is 7.12. The van der Waals surface area contributed by atoms with E-state index in [4.69, 9.17) is 10.7 Å². The number of hydrogen-bond acceptors (Lipinski definition) is 7. The van der Waals surface area contributed by atoms with E-state index in [2.05, 4.69) is 32.1 Å². The van der Waals surface area contributed by atoms with Gasteiger partial charge >= 0.3 is 0 Å². The number of carbonyl (C=O) groups is 1.